The van der Waals surface area contributed by atoms with Crippen molar-refractivity contribution in [1.82, 2.24) is 10.2 Å². The number of nitrogens with zero attached hydrogens (tertiary/aromatic N) is 1. The minimum absolute atomic E-state index is 0.195. The molecule has 2 rings (SSSR count). The van der Waals surface area contributed by atoms with E-state index in [4.69, 9.17) is 9.47 Å². The summed E-state index contributed by atoms with van der Waals surface area (Å²) in [5.74, 6) is 0.778. The van der Waals surface area contributed by atoms with Crippen molar-refractivity contribution in [3.8, 4) is 11.5 Å². The molecule has 6 nitrogen and oxygen atoms in total. The van der Waals surface area contributed by atoms with Crippen LogP contribution in [0.2, 0.25) is 0 Å². The van der Waals surface area contributed by atoms with Gasteiger partial charge in [0.05, 0.1) is 26.7 Å². The van der Waals surface area contributed by atoms with Gasteiger partial charge in [0.1, 0.15) is 6.61 Å². The summed E-state index contributed by atoms with van der Waals surface area (Å²) >= 11 is 0. The molecule has 0 atom stereocenters. The highest BCUT2D eigenvalue weighted by Gasteiger charge is 2.25. The molecule has 1 aliphatic rings. The van der Waals surface area contributed by atoms with Crippen molar-refractivity contribution in [2.24, 2.45) is 0 Å². The van der Waals surface area contributed by atoms with Gasteiger partial charge in [-0.3, -0.25) is 19.8 Å². The van der Waals surface area contributed by atoms with Crippen molar-refractivity contribution in [3.63, 3.8) is 0 Å². The molecular formula is C13H16N2O4. The van der Waals surface area contributed by atoms with E-state index in [2.05, 4.69) is 5.32 Å². The van der Waals surface area contributed by atoms with Crippen LogP contribution < -0.4 is 14.8 Å². The van der Waals surface area contributed by atoms with Crippen molar-refractivity contribution in [1.29, 1.82) is 0 Å². The Bertz CT molecular complexity index is 459. The Hall–Kier alpha value is -2.08. The number of para-hydroxylation sites is 2. The number of amides is 2. The molecule has 1 saturated heterocycles. The number of carbonyl (C=O) groups excluding carboxylic acids is 2. The molecular weight excluding hydrogens is 248 g/mol. The minimum Gasteiger partial charge on any atom is -0.493 e. The van der Waals surface area contributed by atoms with Gasteiger partial charge in [0.2, 0.25) is 11.8 Å². The average Bonchev–Trinajstić information content (AvgIpc) is 2.42. The molecule has 0 saturated carbocycles. The van der Waals surface area contributed by atoms with Crippen LogP contribution in [-0.2, 0) is 9.59 Å². The lowest BCUT2D eigenvalue weighted by Gasteiger charge is -2.25. The summed E-state index contributed by atoms with van der Waals surface area (Å²) in [4.78, 5) is 24.3. The lowest BCUT2D eigenvalue weighted by molar-refractivity contribution is -0.146. The quantitative estimate of drug-likeness (QED) is 0.760. The Morgan fingerprint density at radius 1 is 1.16 bits per heavy atom. The van der Waals surface area contributed by atoms with E-state index in [1.807, 2.05) is 12.1 Å². The molecule has 1 aliphatic heterocycles. The van der Waals surface area contributed by atoms with E-state index in [-0.39, 0.29) is 38.1 Å². The van der Waals surface area contributed by atoms with Gasteiger partial charge in [-0.1, -0.05) is 12.1 Å². The van der Waals surface area contributed by atoms with Crippen LogP contribution >= 0.6 is 0 Å². The van der Waals surface area contributed by atoms with Crippen molar-refractivity contribution in [3.05, 3.63) is 24.3 Å². The molecule has 1 N–H and O–H groups in total. The van der Waals surface area contributed by atoms with Crippen LogP contribution in [0.25, 0.3) is 0 Å². The normalized spacial score (nSPS) is 15.5. The molecule has 0 aliphatic carbocycles. The molecule has 0 spiro atoms. The molecule has 0 radical (unpaired) electrons. The standard InChI is InChI=1S/C13H16N2O4/c1-18-10-4-2-3-5-11(10)19-7-6-15-12(16)8-14-9-13(15)17/h2-5,14H,6-9H2,1H3. The monoisotopic (exact) mass is 264 g/mol. The molecule has 1 heterocycles. The summed E-state index contributed by atoms with van der Waals surface area (Å²) in [7, 11) is 1.56. The van der Waals surface area contributed by atoms with E-state index in [0.717, 1.165) is 0 Å². The topological polar surface area (TPSA) is 67.9 Å². The Labute approximate surface area is 111 Å². The minimum atomic E-state index is -0.222. The summed E-state index contributed by atoms with van der Waals surface area (Å²) in [6, 6.07) is 7.24. The molecule has 19 heavy (non-hydrogen) atoms. The van der Waals surface area contributed by atoms with Crippen molar-refractivity contribution in [2.75, 3.05) is 33.4 Å². The summed E-state index contributed by atoms with van der Waals surface area (Å²) in [6.45, 7) is 0.885. The van der Waals surface area contributed by atoms with Gasteiger partial charge in [-0.05, 0) is 12.1 Å². The van der Waals surface area contributed by atoms with Gasteiger partial charge < -0.3 is 9.47 Å². The van der Waals surface area contributed by atoms with Crippen LogP contribution in [0, 0.1) is 0 Å². The summed E-state index contributed by atoms with van der Waals surface area (Å²) in [5.41, 5.74) is 0. The van der Waals surface area contributed by atoms with Gasteiger partial charge in [0.25, 0.3) is 0 Å². The number of ether oxygens (including phenoxy) is 2. The van der Waals surface area contributed by atoms with Crippen LogP contribution in [0.15, 0.2) is 24.3 Å². The zero-order chi connectivity index (χ0) is 13.7. The predicted molar refractivity (Wildman–Crippen MR) is 68.1 cm³/mol. The first-order valence-corrected chi connectivity index (χ1v) is 6.02. The van der Waals surface area contributed by atoms with Gasteiger partial charge >= 0.3 is 0 Å². The van der Waals surface area contributed by atoms with Crippen molar-refractivity contribution < 1.29 is 19.1 Å². The molecule has 0 aromatic heterocycles. The Kier molecular flexibility index (Phi) is 4.35. The van der Waals surface area contributed by atoms with Gasteiger partial charge in [-0.2, -0.15) is 0 Å². The predicted octanol–water partition coefficient (Wildman–Crippen LogP) is 0.0324. The zero-order valence-corrected chi connectivity index (χ0v) is 10.7. The van der Waals surface area contributed by atoms with E-state index in [9.17, 15) is 9.59 Å². The lowest BCUT2D eigenvalue weighted by Crippen LogP contribution is -2.53. The highest BCUT2D eigenvalue weighted by Crippen LogP contribution is 2.25. The second-order valence-corrected chi connectivity index (χ2v) is 4.04. The molecule has 1 aromatic rings. The molecule has 0 bridgehead atoms. The molecule has 6 heteroatoms. The van der Waals surface area contributed by atoms with Gasteiger partial charge in [0.15, 0.2) is 11.5 Å². The zero-order valence-electron chi connectivity index (χ0n) is 10.7. The lowest BCUT2D eigenvalue weighted by atomic mass is 10.3. The maximum atomic E-state index is 11.5. The molecule has 102 valence electrons. The SMILES string of the molecule is COc1ccccc1OCCN1C(=O)CNCC1=O. The fourth-order valence-electron chi connectivity index (χ4n) is 1.84. The number of piperazine rings is 1. The van der Waals surface area contributed by atoms with Crippen LogP contribution in [-0.4, -0.2) is 50.1 Å². The Morgan fingerprint density at radius 3 is 2.42 bits per heavy atom. The third-order valence-corrected chi connectivity index (χ3v) is 2.80. The molecule has 2 amide bonds. The Morgan fingerprint density at radius 2 is 1.79 bits per heavy atom. The largest absolute Gasteiger partial charge is 0.493 e. The number of nitrogens with one attached hydrogen (secondary N) is 1. The number of hydrogen-bond donors (Lipinski definition) is 1. The number of hydrogen-bond acceptors (Lipinski definition) is 5. The first-order chi connectivity index (χ1) is 9.22. The van der Waals surface area contributed by atoms with E-state index in [1.165, 1.54) is 4.90 Å². The number of benzene rings is 1. The maximum Gasteiger partial charge on any atom is 0.243 e. The number of rotatable bonds is 5. The third-order valence-electron chi connectivity index (χ3n) is 2.80. The number of imide groups is 1. The smallest absolute Gasteiger partial charge is 0.243 e. The molecule has 0 unspecified atom stereocenters. The average molecular weight is 264 g/mol. The third kappa shape index (κ3) is 3.23. The maximum absolute atomic E-state index is 11.5. The molecule has 1 aromatic carbocycles. The van der Waals surface area contributed by atoms with E-state index >= 15 is 0 Å². The highest BCUT2D eigenvalue weighted by molar-refractivity contribution is 5.99. The van der Waals surface area contributed by atoms with E-state index < -0.39 is 0 Å². The number of carbonyl (C=O) groups is 2. The van der Waals surface area contributed by atoms with Crippen molar-refractivity contribution >= 4 is 11.8 Å². The van der Waals surface area contributed by atoms with Crippen molar-refractivity contribution in [2.45, 2.75) is 0 Å². The fourth-order valence-corrected chi connectivity index (χ4v) is 1.84. The summed E-state index contributed by atoms with van der Waals surface area (Å²) in [5, 5.41) is 2.74. The van der Waals surface area contributed by atoms with Gasteiger partial charge in [-0.15, -0.1) is 0 Å². The first kappa shape index (κ1) is 13.4. The first-order valence-electron chi connectivity index (χ1n) is 6.02. The Balaban J connectivity index is 1.89. The molecule has 1 fully saturated rings. The van der Waals surface area contributed by atoms with Crippen LogP contribution in [0.3, 0.4) is 0 Å². The number of methoxy groups -OCH3 is 1. The fraction of sp³-hybridized carbons (Fsp3) is 0.385. The van der Waals surface area contributed by atoms with E-state index in [0.29, 0.717) is 11.5 Å². The van der Waals surface area contributed by atoms with E-state index in [1.54, 1.807) is 19.2 Å². The summed E-state index contributed by atoms with van der Waals surface area (Å²) in [6.07, 6.45) is 0. The van der Waals surface area contributed by atoms with Gasteiger partial charge in [0, 0.05) is 0 Å². The van der Waals surface area contributed by atoms with Crippen LogP contribution in [0.5, 0.6) is 11.5 Å². The van der Waals surface area contributed by atoms with Crippen LogP contribution in [0.1, 0.15) is 0 Å². The van der Waals surface area contributed by atoms with Gasteiger partial charge in [-0.25, -0.2) is 0 Å². The summed E-state index contributed by atoms with van der Waals surface area (Å²) < 4.78 is 10.7. The van der Waals surface area contributed by atoms with Crippen LogP contribution in [0.4, 0.5) is 0 Å². The highest BCUT2D eigenvalue weighted by atomic mass is 16.5. The second-order valence-electron chi connectivity index (χ2n) is 4.04. The second kappa shape index (κ2) is 6.19.